The molecular formula is C16H14F3NO4. The molecule has 24 heavy (non-hydrogen) atoms. The van der Waals surface area contributed by atoms with E-state index >= 15 is 0 Å². The smallest absolute Gasteiger partial charge is 0.406 e. The SMILES string of the molecule is C=CCN(CC(F)(F)F)C(=O)COc1ccc2ccc(=O)oc2c1. The Hall–Kier alpha value is -2.77. The van der Waals surface area contributed by atoms with Gasteiger partial charge in [-0.05, 0) is 18.2 Å². The van der Waals surface area contributed by atoms with Crippen LogP contribution in [0, 0.1) is 0 Å². The molecule has 2 aromatic rings. The molecule has 0 saturated heterocycles. The lowest BCUT2D eigenvalue weighted by molar-refractivity contribution is -0.161. The summed E-state index contributed by atoms with van der Waals surface area (Å²) in [6.07, 6.45) is -3.31. The summed E-state index contributed by atoms with van der Waals surface area (Å²) in [5.74, 6) is -0.627. The fourth-order valence-corrected chi connectivity index (χ4v) is 1.99. The summed E-state index contributed by atoms with van der Waals surface area (Å²) in [6, 6.07) is 7.35. The molecule has 8 heteroatoms. The zero-order chi connectivity index (χ0) is 17.7. The van der Waals surface area contributed by atoms with Crippen LogP contribution in [0.1, 0.15) is 0 Å². The van der Waals surface area contributed by atoms with Crippen molar-refractivity contribution < 1.29 is 27.1 Å². The number of hydrogen-bond donors (Lipinski definition) is 0. The molecule has 2 rings (SSSR count). The Morgan fingerprint density at radius 1 is 1.29 bits per heavy atom. The Balaban J connectivity index is 2.06. The molecule has 5 nitrogen and oxygen atoms in total. The number of alkyl halides is 3. The monoisotopic (exact) mass is 341 g/mol. The van der Waals surface area contributed by atoms with Crippen LogP contribution >= 0.6 is 0 Å². The summed E-state index contributed by atoms with van der Waals surface area (Å²) in [5, 5.41) is 0.652. The van der Waals surface area contributed by atoms with E-state index in [1.54, 1.807) is 12.1 Å². The third kappa shape index (κ3) is 4.87. The topological polar surface area (TPSA) is 59.8 Å². The van der Waals surface area contributed by atoms with Crippen LogP contribution in [0.5, 0.6) is 5.75 Å². The first-order chi connectivity index (χ1) is 11.3. The minimum atomic E-state index is -4.51. The van der Waals surface area contributed by atoms with Gasteiger partial charge in [0, 0.05) is 24.1 Å². The van der Waals surface area contributed by atoms with Gasteiger partial charge in [-0.3, -0.25) is 4.79 Å². The van der Waals surface area contributed by atoms with E-state index in [1.165, 1.54) is 24.3 Å². The third-order valence-corrected chi connectivity index (χ3v) is 3.03. The van der Waals surface area contributed by atoms with Crippen molar-refractivity contribution in [3.8, 4) is 5.75 Å². The summed E-state index contributed by atoms with van der Waals surface area (Å²) in [5.41, 5.74) is -0.288. The Morgan fingerprint density at radius 3 is 2.67 bits per heavy atom. The molecule has 0 atom stereocenters. The molecule has 0 saturated carbocycles. The van der Waals surface area contributed by atoms with Crippen LogP contribution in [0.25, 0.3) is 11.0 Å². The summed E-state index contributed by atoms with van der Waals surface area (Å²) in [6.45, 7) is 1.13. The number of amides is 1. The van der Waals surface area contributed by atoms with Crippen molar-refractivity contribution in [3.63, 3.8) is 0 Å². The Bertz CT molecular complexity index is 798. The van der Waals surface area contributed by atoms with Gasteiger partial charge in [0.15, 0.2) is 6.61 Å². The van der Waals surface area contributed by atoms with Crippen LogP contribution in [-0.2, 0) is 4.79 Å². The lowest BCUT2D eigenvalue weighted by Gasteiger charge is -2.22. The van der Waals surface area contributed by atoms with E-state index in [1.807, 2.05) is 0 Å². The maximum absolute atomic E-state index is 12.5. The van der Waals surface area contributed by atoms with Gasteiger partial charge in [-0.1, -0.05) is 6.08 Å². The van der Waals surface area contributed by atoms with E-state index in [0.29, 0.717) is 10.3 Å². The summed E-state index contributed by atoms with van der Waals surface area (Å²) in [4.78, 5) is 23.6. The van der Waals surface area contributed by atoms with Crippen molar-refractivity contribution in [3.05, 3.63) is 53.4 Å². The average Bonchev–Trinajstić information content (AvgIpc) is 2.50. The van der Waals surface area contributed by atoms with Crippen molar-refractivity contribution >= 4 is 16.9 Å². The number of ether oxygens (including phenoxy) is 1. The molecule has 0 aliphatic rings. The van der Waals surface area contributed by atoms with Crippen LogP contribution < -0.4 is 10.4 Å². The molecule has 0 radical (unpaired) electrons. The number of nitrogens with zero attached hydrogens (tertiary/aromatic N) is 1. The van der Waals surface area contributed by atoms with Crippen molar-refractivity contribution in [2.75, 3.05) is 19.7 Å². The molecule has 1 aromatic carbocycles. The number of halogens is 3. The quantitative estimate of drug-likeness (QED) is 0.599. The largest absolute Gasteiger partial charge is 0.484 e. The van der Waals surface area contributed by atoms with E-state index in [9.17, 15) is 22.8 Å². The minimum Gasteiger partial charge on any atom is -0.484 e. The van der Waals surface area contributed by atoms with Crippen LogP contribution in [0.3, 0.4) is 0 Å². The van der Waals surface area contributed by atoms with Gasteiger partial charge < -0.3 is 14.1 Å². The molecule has 0 aliphatic heterocycles. The highest BCUT2D eigenvalue weighted by molar-refractivity contribution is 5.79. The number of carbonyl (C=O) groups excluding carboxylic acids is 1. The van der Waals surface area contributed by atoms with Crippen molar-refractivity contribution in [1.29, 1.82) is 0 Å². The molecule has 1 amide bonds. The fourth-order valence-electron chi connectivity index (χ4n) is 1.99. The number of benzene rings is 1. The molecule has 0 spiro atoms. The molecule has 0 unspecified atom stereocenters. The van der Waals surface area contributed by atoms with E-state index in [4.69, 9.17) is 9.15 Å². The maximum atomic E-state index is 12.5. The molecule has 128 valence electrons. The van der Waals surface area contributed by atoms with Crippen LogP contribution in [0.4, 0.5) is 13.2 Å². The zero-order valence-corrected chi connectivity index (χ0v) is 12.5. The van der Waals surface area contributed by atoms with Gasteiger partial charge in [0.1, 0.15) is 17.9 Å². The number of carbonyl (C=O) groups is 1. The van der Waals surface area contributed by atoms with Gasteiger partial charge in [-0.2, -0.15) is 13.2 Å². The van der Waals surface area contributed by atoms with Crippen LogP contribution in [0.2, 0.25) is 0 Å². The molecule has 1 heterocycles. The maximum Gasteiger partial charge on any atom is 0.406 e. The third-order valence-electron chi connectivity index (χ3n) is 3.03. The highest BCUT2D eigenvalue weighted by Gasteiger charge is 2.32. The summed E-state index contributed by atoms with van der Waals surface area (Å²) >= 11 is 0. The Labute approximate surface area is 134 Å². The highest BCUT2D eigenvalue weighted by atomic mass is 19.4. The Kier molecular flexibility index (Phi) is 5.28. The van der Waals surface area contributed by atoms with Crippen molar-refractivity contribution in [2.45, 2.75) is 6.18 Å². The van der Waals surface area contributed by atoms with E-state index in [-0.39, 0.29) is 17.9 Å². The van der Waals surface area contributed by atoms with Crippen molar-refractivity contribution in [1.82, 2.24) is 4.90 Å². The molecule has 0 bridgehead atoms. The predicted octanol–water partition coefficient (Wildman–Crippen LogP) is 2.75. The van der Waals surface area contributed by atoms with Gasteiger partial charge in [-0.15, -0.1) is 6.58 Å². The molecule has 1 aromatic heterocycles. The highest BCUT2D eigenvalue weighted by Crippen LogP contribution is 2.20. The second kappa shape index (κ2) is 7.20. The van der Waals surface area contributed by atoms with Crippen LogP contribution in [0.15, 0.2) is 52.2 Å². The van der Waals surface area contributed by atoms with Gasteiger partial charge in [-0.25, -0.2) is 4.79 Å². The fraction of sp³-hybridized carbons (Fsp3) is 0.250. The average molecular weight is 341 g/mol. The minimum absolute atomic E-state index is 0.204. The van der Waals surface area contributed by atoms with E-state index in [2.05, 4.69) is 6.58 Å². The standard InChI is InChI=1S/C16H14F3NO4/c1-2-7-20(10-16(17,18)19)14(21)9-23-12-5-3-11-4-6-15(22)24-13(11)8-12/h2-6,8H,1,7,9-10H2. The molecular weight excluding hydrogens is 327 g/mol. The zero-order valence-electron chi connectivity index (χ0n) is 12.5. The number of rotatable bonds is 6. The number of fused-ring (bicyclic) bond motifs is 1. The number of hydrogen-bond acceptors (Lipinski definition) is 4. The summed E-state index contributed by atoms with van der Waals surface area (Å²) in [7, 11) is 0. The van der Waals surface area contributed by atoms with Gasteiger partial charge in [0.05, 0.1) is 0 Å². The van der Waals surface area contributed by atoms with Crippen molar-refractivity contribution in [2.24, 2.45) is 0 Å². The first-order valence-electron chi connectivity index (χ1n) is 6.90. The predicted molar refractivity (Wildman–Crippen MR) is 80.8 cm³/mol. The van der Waals surface area contributed by atoms with Gasteiger partial charge in [0.2, 0.25) is 0 Å². The molecule has 0 N–H and O–H groups in total. The normalized spacial score (nSPS) is 11.3. The first-order valence-corrected chi connectivity index (χ1v) is 6.90. The van der Waals surface area contributed by atoms with Gasteiger partial charge >= 0.3 is 11.8 Å². The van der Waals surface area contributed by atoms with E-state index < -0.39 is 30.9 Å². The lowest BCUT2D eigenvalue weighted by atomic mass is 10.2. The Morgan fingerprint density at radius 2 is 2.00 bits per heavy atom. The van der Waals surface area contributed by atoms with Gasteiger partial charge in [0.25, 0.3) is 5.91 Å². The molecule has 0 aliphatic carbocycles. The molecule has 0 fully saturated rings. The van der Waals surface area contributed by atoms with E-state index in [0.717, 1.165) is 0 Å². The second-order valence-electron chi connectivity index (χ2n) is 4.92. The second-order valence-corrected chi connectivity index (χ2v) is 4.92. The lowest BCUT2D eigenvalue weighted by Crippen LogP contribution is -2.41. The first kappa shape index (κ1) is 17.6. The van der Waals surface area contributed by atoms with Crippen LogP contribution in [-0.4, -0.2) is 36.7 Å². The summed E-state index contributed by atoms with van der Waals surface area (Å²) < 4.78 is 47.5.